The Labute approximate surface area is 113 Å². The number of halogens is 1. The molecule has 0 saturated carbocycles. The van der Waals surface area contributed by atoms with Crippen LogP contribution in [0.3, 0.4) is 0 Å². The molecule has 0 N–H and O–H groups in total. The number of aromatic nitrogens is 2. The Hall–Kier alpha value is -1.65. The number of fused-ring (bicyclic) bond motifs is 1. The SMILES string of the molecule is COc1ccccc1-c1nc2c(Cl)nccc2s1. The molecule has 0 aliphatic rings. The molecule has 90 valence electrons. The third-order valence-corrected chi connectivity index (χ3v) is 3.93. The largest absolute Gasteiger partial charge is 0.496 e. The third kappa shape index (κ3) is 1.83. The molecule has 2 aromatic heterocycles. The molecule has 0 spiro atoms. The molecule has 0 fully saturated rings. The van der Waals surface area contributed by atoms with Crippen molar-refractivity contribution in [3.05, 3.63) is 41.7 Å². The minimum absolute atomic E-state index is 0.435. The molecule has 1 aromatic carbocycles. The van der Waals surface area contributed by atoms with Gasteiger partial charge < -0.3 is 4.74 Å². The normalized spacial score (nSPS) is 10.8. The summed E-state index contributed by atoms with van der Waals surface area (Å²) in [6, 6.07) is 9.71. The molecule has 0 bridgehead atoms. The average molecular weight is 277 g/mol. The van der Waals surface area contributed by atoms with E-state index in [0.717, 1.165) is 26.5 Å². The second kappa shape index (κ2) is 4.55. The molecule has 5 heteroatoms. The van der Waals surface area contributed by atoms with Crippen molar-refractivity contribution < 1.29 is 4.74 Å². The maximum Gasteiger partial charge on any atom is 0.156 e. The standard InChI is InChI=1S/C13H9ClN2OS/c1-17-9-5-3-2-4-8(9)13-16-11-10(18-13)6-7-15-12(11)14/h2-7H,1H3. The molecular formula is C13H9ClN2OS. The van der Waals surface area contributed by atoms with Crippen LogP contribution in [0.25, 0.3) is 20.8 Å². The number of pyridine rings is 1. The van der Waals surface area contributed by atoms with Gasteiger partial charge in [-0.25, -0.2) is 9.97 Å². The third-order valence-electron chi connectivity index (χ3n) is 2.60. The van der Waals surface area contributed by atoms with Crippen molar-refractivity contribution in [2.75, 3.05) is 7.11 Å². The molecule has 3 nitrogen and oxygen atoms in total. The van der Waals surface area contributed by atoms with E-state index in [1.807, 2.05) is 30.3 Å². The number of para-hydroxylation sites is 1. The van der Waals surface area contributed by atoms with Crippen LogP contribution in [0.1, 0.15) is 0 Å². The lowest BCUT2D eigenvalue weighted by Gasteiger charge is -2.04. The van der Waals surface area contributed by atoms with E-state index in [1.165, 1.54) is 0 Å². The van der Waals surface area contributed by atoms with Crippen molar-refractivity contribution in [1.29, 1.82) is 0 Å². The maximum atomic E-state index is 6.03. The van der Waals surface area contributed by atoms with Crippen molar-refractivity contribution in [1.82, 2.24) is 9.97 Å². The molecule has 0 aliphatic carbocycles. The molecule has 0 unspecified atom stereocenters. The van der Waals surface area contributed by atoms with Gasteiger partial charge in [-0.3, -0.25) is 0 Å². The summed E-state index contributed by atoms with van der Waals surface area (Å²) < 4.78 is 6.37. The Morgan fingerprint density at radius 2 is 2.06 bits per heavy atom. The predicted molar refractivity (Wildman–Crippen MR) is 74.4 cm³/mol. The summed E-state index contributed by atoms with van der Waals surface area (Å²) in [5.74, 6) is 0.806. The van der Waals surface area contributed by atoms with Crippen molar-refractivity contribution in [2.45, 2.75) is 0 Å². The van der Waals surface area contributed by atoms with Crippen LogP contribution in [-0.2, 0) is 0 Å². The lowest BCUT2D eigenvalue weighted by atomic mass is 10.2. The molecule has 0 amide bonds. The van der Waals surface area contributed by atoms with E-state index < -0.39 is 0 Å². The first-order valence-corrected chi connectivity index (χ1v) is 6.53. The number of hydrogen-bond acceptors (Lipinski definition) is 4. The molecule has 3 aromatic rings. The molecule has 0 atom stereocenters. The first-order valence-electron chi connectivity index (χ1n) is 5.34. The summed E-state index contributed by atoms with van der Waals surface area (Å²) in [5, 5.41) is 1.32. The van der Waals surface area contributed by atoms with Gasteiger partial charge in [0.25, 0.3) is 0 Å². The quantitative estimate of drug-likeness (QED) is 0.663. The van der Waals surface area contributed by atoms with Crippen LogP contribution in [-0.4, -0.2) is 17.1 Å². The van der Waals surface area contributed by atoms with E-state index in [-0.39, 0.29) is 0 Å². The van der Waals surface area contributed by atoms with Gasteiger partial charge in [-0.05, 0) is 18.2 Å². The van der Waals surface area contributed by atoms with Crippen molar-refractivity contribution in [3.63, 3.8) is 0 Å². The smallest absolute Gasteiger partial charge is 0.156 e. The fourth-order valence-corrected chi connectivity index (χ4v) is 3.01. The highest BCUT2D eigenvalue weighted by molar-refractivity contribution is 7.21. The number of nitrogens with zero attached hydrogens (tertiary/aromatic N) is 2. The molecule has 0 radical (unpaired) electrons. The Kier molecular flexibility index (Phi) is 2.89. The van der Waals surface area contributed by atoms with Gasteiger partial charge in [0, 0.05) is 6.20 Å². The van der Waals surface area contributed by atoms with Crippen molar-refractivity contribution in [2.24, 2.45) is 0 Å². The van der Waals surface area contributed by atoms with Crippen LogP contribution in [0.4, 0.5) is 0 Å². The minimum Gasteiger partial charge on any atom is -0.496 e. The van der Waals surface area contributed by atoms with Gasteiger partial charge >= 0.3 is 0 Å². The van der Waals surface area contributed by atoms with Gasteiger partial charge in [0.1, 0.15) is 16.3 Å². The van der Waals surface area contributed by atoms with E-state index in [1.54, 1.807) is 24.6 Å². The molecule has 2 heterocycles. The number of hydrogen-bond donors (Lipinski definition) is 0. The van der Waals surface area contributed by atoms with Gasteiger partial charge in [-0.15, -0.1) is 11.3 Å². The summed E-state index contributed by atoms with van der Waals surface area (Å²) in [7, 11) is 1.65. The fraction of sp³-hybridized carbons (Fsp3) is 0.0769. The highest BCUT2D eigenvalue weighted by atomic mass is 35.5. The Bertz CT molecular complexity index is 711. The first-order chi connectivity index (χ1) is 8.79. The highest BCUT2D eigenvalue weighted by Crippen LogP contribution is 2.36. The summed E-state index contributed by atoms with van der Waals surface area (Å²) in [4.78, 5) is 8.57. The monoisotopic (exact) mass is 276 g/mol. The van der Waals surface area contributed by atoms with E-state index in [0.29, 0.717) is 5.15 Å². The van der Waals surface area contributed by atoms with E-state index in [2.05, 4.69) is 9.97 Å². The lowest BCUT2D eigenvalue weighted by molar-refractivity contribution is 0.416. The van der Waals surface area contributed by atoms with Gasteiger partial charge in [0.2, 0.25) is 0 Å². The van der Waals surface area contributed by atoms with Crippen LogP contribution >= 0.6 is 22.9 Å². The zero-order valence-corrected chi connectivity index (χ0v) is 11.1. The maximum absolute atomic E-state index is 6.03. The lowest BCUT2D eigenvalue weighted by Crippen LogP contribution is -1.86. The van der Waals surface area contributed by atoms with Crippen molar-refractivity contribution in [3.8, 4) is 16.3 Å². The van der Waals surface area contributed by atoms with E-state index in [9.17, 15) is 0 Å². The molecular weight excluding hydrogens is 268 g/mol. The van der Waals surface area contributed by atoms with Crippen LogP contribution in [0, 0.1) is 0 Å². The number of methoxy groups -OCH3 is 1. The van der Waals surface area contributed by atoms with Crippen LogP contribution in [0.15, 0.2) is 36.5 Å². The second-order valence-electron chi connectivity index (χ2n) is 3.67. The average Bonchev–Trinajstić information content (AvgIpc) is 2.84. The number of thiazole rings is 1. The first kappa shape index (κ1) is 11.4. The number of benzene rings is 1. The zero-order chi connectivity index (χ0) is 12.5. The summed E-state index contributed by atoms with van der Waals surface area (Å²) in [6.07, 6.45) is 1.69. The second-order valence-corrected chi connectivity index (χ2v) is 5.06. The Morgan fingerprint density at radius 3 is 2.83 bits per heavy atom. The molecule has 18 heavy (non-hydrogen) atoms. The van der Waals surface area contributed by atoms with Gasteiger partial charge in [0.15, 0.2) is 5.15 Å². The van der Waals surface area contributed by atoms with Crippen molar-refractivity contribution >= 4 is 33.2 Å². The molecule has 0 aliphatic heterocycles. The summed E-state index contributed by atoms with van der Waals surface area (Å²) in [5.41, 5.74) is 1.71. The molecule has 0 saturated heterocycles. The zero-order valence-electron chi connectivity index (χ0n) is 9.55. The predicted octanol–water partition coefficient (Wildman–Crippen LogP) is 4.02. The Morgan fingerprint density at radius 1 is 1.22 bits per heavy atom. The van der Waals surface area contributed by atoms with Gasteiger partial charge in [0.05, 0.1) is 17.4 Å². The number of rotatable bonds is 2. The molecule has 3 rings (SSSR count). The summed E-state index contributed by atoms with van der Waals surface area (Å²) >= 11 is 7.61. The highest BCUT2D eigenvalue weighted by Gasteiger charge is 2.12. The minimum atomic E-state index is 0.435. The summed E-state index contributed by atoms with van der Waals surface area (Å²) in [6.45, 7) is 0. The van der Waals surface area contributed by atoms with Crippen LogP contribution in [0.5, 0.6) is 5.75 Å². The topological polar surface area (TPSA) is 35.0 Å². The van der Waals surface area contributed by atoms with Crippen LogP contribution < -0.4 is 4.74 Å². The van der Waals surface area contributed by atoms with Gasteiger partial charge in [-0.1, -0.05) is 23.7 Å². The Balaban J connectivity index is 2.23. The van der Waals surface area contributed by atoms with E-state index >= 15 is 0 Å². The van der Waals surface area contributed by atoms with Gasteiger partial charge in [-0.2, -0.15) is 0 Å². The van der Waals surface area contributed by atoms with E-state index in [4.69, 9.17) is 16.3 Å². The number of ether oxygens (including phenoxy) is 1. The fourth-order valence-electron chi connectivity index (χ4n) is 1.76. The van der Waals surface area contributed by atoms with Crippen LogP contribution in [0.2, 0.25) is 5.15 Å².